The molecule has 6 heteroatoms. The van der Waals surface area contributed by atoms with Gasteiger partial charge in [0.25, 0.3) is 5.91 Å². The molecule has 1 amide bonds. The van der Waals surface area contributed by atoms with Gasteiger partial charge in [-0.2, -0.15) is 4.99 Å². The van der Waals surface area contributed by atoms with Crippen molar-refractivity contribution in [1.82, 2.24) is 4.57 Å². The van der Waals surface area contributed by atoms with Crippen LogP contribution in [0, 0.1) is 0 Å². The summed E-state index contributed by atoms with van der Waals surface area (Å²) in [5, 5.41) is 0.704. The zero-order valence-corrected chi connectivity index (χ0v) is 17.8. The van der Waals surface area contributed by atoms with E-state index < -0.39 is 0 Å². The lowest BCUT2D eigenvalue weighted by atomic mass is 10.1. The van der Waals surface area contributed by atoms with Crippen LogP contribution in [-0.4, -0.2) is 17.6 Å². The highest BCUT2D eigenvalue weighted by atomic mass is 35.5. The summed E-state index contributed by atoms with van der Waals surface area (Å²) in [5.74, 6) is 0.231. The molecular formula is C22H23ClN2O2S. The first-order valence-corrected chi connectivity index (χ1v) is 10.5. The van der Waals surface area contributed by atoms with E-state index in [1.54, 1.807) is 30.6 Å². The molecule has 0 N–H and O–H groups in total. The molecule has 0 atom stereocenters. The van der Waals surface area contributed by atoms with Gasteiger partial charge in [0, 0.05) is 16.4 Å². The predicted octanol–water partition coefficient (Wildman–Crippen LogP) is 5.59. The Kier molecular flexibility index (Phi) is 6.70. The molecule has 0 unspecified atom stereocenters. The summed E-state index contributed by atoms with van der Waals surface area (Å²) in [5.41, 5.74) is 2.65. The lowest BCUT2D eigenvalue weighted by Crippen LogP contribution is -2.17. The highest BCUT2D eigenvalue weighted by Gasteiger charge is 2.16. The number of benzene rings is 2. The number of thiazole rings is 1. The first-order chi connectivity index (χ1) is 13.6. The van der Waals surface area contributed by atoms with E-state index in [1.807, 2.05) is 36.4 Å². The Morgan fingerprint density at radius 2 is 1.86 bits per heavy atom. The predicted molar refractivity (Wildman–Crippen MR) is 115 cm³/mol. The number of nitrogens with zero attached hydrogens (tertiary/aromatic N) is 2. The third-order valence-electron chi connectivity index (χ3n) is 4.42. The molecule has 146 valence electrons. The third kappa shape index (κ3) is 4.21. The van der Waals surface area contributed by atoms with Crippen LogP contribution in [0.25, 0.3) is 11.3 Å². The number of carbonyl (C=O) groups is 1. The zero-order chi connectivity index (χ0) is 20.1. The molecule has 0 aliphatic rings. The van der Waals surface area contributed by atoms with Crippen molar-refractivity contribution in [3.63, 3.8) is 0 Å². The van der Waals surface area contributed by atoms with Crippen molar-refractivity contribution in [2.24, 2.45) is 4.99 Å². The summed E-state index contributed by atoms with van der Waals surface area (Å²) in [4.78, 5) is 19.2. The van der Waals surface area contributed by atoms with Crippen LogP contribution in [0.4, 0.5) is 0 Å². The van der Waals surface area contributed by atoms with Crippen molar-refractivity contribution >= 4 is 28.8 Å². The third-order valence-corrected chi connectivity index (χ3v) is 5.82. The second-order valence-electron chi connectivity index (χ2n) is 6.27. The van der Waals surface area contributed by atoms with E-state index in [0.717, 1.165) is 30.6 Å². The number of amides is 1. The van der Waals surface area contributed by atoms with Gasteiger partial charge in [0.05, 0.1) is 18.4 Å². The Bertz CT molecular complexity index is 1040. The summed E-state index contributed by atoms with van der Waals surface area (Å²) >= 11 is 7.64. The highest BCUT2D eigenvalue weighted by Crippen LogP contribution is 2.28. The van der Waals surface area contributed by atoms with Crippen molar-refractivity contribution in [1.29, 1.82) is 0 Å². The number of halogens is 1. The van der Waals surface area contributed by atoms with Crippen LogP contribution in [0.2, 0.25) is 5.02 Å². The van der Waals surface area contributed by atoms with Gasteiger partial charge in [-0.25, -0.2) is 0 Å². The van der Waals surface area contributed by atoms with Gasteiger partial charge < -0.3 is 9.30 Å². The van der Waals surface area contributed by atoms with Gasteiger partial charge in [-0.15, -0.1) is 11.3 Å². The average molecular weight is 415 g/mol. The summed E-state index contributed by atoms with van der Waals surface area (Å²) in [6.07, 6.45) is 1.95. The number of methoxy groups -OCH3 is 1. The van der Waals surface area contributed by atoms with E-state index in [4.69, 9.17) is 16.3 Å². The van der Waals surface area contributed by atoms with Crippen LogP contribution in [0.1, 0.15) is 35.5 Å². The van der Waals surface area contributed by atoms with Crippen LogP contribution < -0.4 is 9.54 Å². The summed E-state index contributed by atoms with van der Waals surface area (Å²) in [6, 6.07) is 15.0. The second-order valence-corrected chi connectivity index (χ2v) is 7.77. The molecule has 0 aliphatic carbocycles. The number of rotatable bonds is 6. The molecule has 0 aliphatic heterocycles. The van der Waals surface area contributed by atoms with E-state index >= 15 is 0 Å². The van der Waals surface area contributed by atoms with Crippen LogP contribution in [0.15, 0.2) is 53.5 Å². The Labute approximate surface area is 174 Å². The van der Waals surface area contributed by atoms with Gasteiger partial charge in [0.2, 0.25) is 0 Å². The Morgan fingerprint density at radius 3 is 2.50 bits per heavy atom. The molecule has 0 bridgehead atoms. The molecule has 0 saturated heterocycles. The molecule has 4 nitrogen and oxygen atoms in total. The van der Waals surface area contributed by atoms with Crippen LogP contribution in [-0.2, 0) is 13.0 Å². The average Bonchev–Trinajstić information content (AvgIpc) is 3.05. The second kappa shape index (κ2) is 9.22. The Hall–Kier alpha value is -2.37. The quantitative estimate of drug-likeness (QED) is 0.527. The minimum absolute atomic E-state index is 0.299. The molecule has 3 rings (SSSR count). The number of ether oxygens (including phenoxy) is 1. The molecule has 0 radical (unpaired) electrons. The van der Waals surface area contributed by atoms with E-state index in [-0.39, 0.29) is 5.91 Å². The van der Waals surface area contributed by atoms with Gasteiger partial charge in [0.1, 0.15) is 5.75 Å². The smallest absolute Gasteiger partial charge is 0.283 e. The maximum Gasteiger partial charge on any atom is 0.283 e. The maximum absolute atomic E-state index is 12.9. The summed E-state index contributed by atoms with van der Waals surface area (Å²) in [7, 11) is 1.56. The van der Waals surface area contributed by atoms with E-state index in [9.17, 15) is 4.79 Å². The van der Waals surface area contributed by atoms with Gasteiger partial charge in [0.15, 0.2) is 4.80 Å². The number of aryl methyl sites for hydroxylation is 1. The summed E-state index contributed by atoms with van der Waals surface area (Å²) < 4.78 is 7.42. The van der Waals surface area contributed by atoms with Crippen LogP contribution >= 0.6 is 22.9 Å². The number of hydrogen-bond donors (Lipinski definition) is 0. The molecule has 28 heavy (non-hydrogen) atoms. The number of carbonyl (C=O) groups excluding carboxylic acids is 1. The Balaban J connectivity index is 2.16. The molecular weight excluding hydrogens is 392 g/mol. The van der Waals surface area contributed by atoms with Gasteiger partial charge >= 0.3 is 0 Å². The minimum Gasteiger partial charge on any atom is -0.496 e. The van der Waals surface area contributed by atoms with Gasteiger partial charge in [-0.3, -0.25) is 4.79 Å². The van der Waals surface area contributed by atoms with Crippen molar-refractivity contribution in [2.75, 3.05) is 7.11 Å². The number of para-hydroxylation sites is 1. The topological polar surface area (TPSA) is 43.6 Å². The normalized spacial score (nSPS) is 11.6. The fourth-order valence-electron chi connectivity index (χ4n) is 3.13. The standard InChI is InChI=1S/C22H23ClN2O2S/c1-4-8-19-20(15-11-13-16(23)14-12-15)25(5-2)22(28-19)24-21(26)17-9-6-7-10-18(17)27-3/h6-7,9-14H,4-5,8H2,1-3H3. The lowest BCUT2D eigenvalue weighted by molar-refractivity contribution is 0.0995. The zero-order valence-electron chi connectivity index (χ0n) is 16.2. The van der Waals surface area contributed by atoms with Crippen molar-refractivity contribution < 1.29 is 9.53 Å². The first-order valence-electron chi connectivity index (χ1n) is 9.29. The van der Waals surface area contributed by atoms with Crippen molar-refractivity contribution in [3.8, 4) is 17.0 Å². The van der Waals surface area contributed by atoms with E-state index in [1.165, 1.54) is 4.88 Å². The Morgan fingerprint density at radius 1 is 1.14 bits per heavy atom. The molecule has 0 fully saturated rings. The van der Waals surface area contributed by atoms with Gasteiger partial charge in [-0.1, -0.05) is 49.2 Å². The van der Waals surface area contributed by atoms with Crippen molar-refractivity contribution in [3.05, 3.63) is 68.8 Å². The molecule has 0 saturated carbocycles. The fourth-order valence-corrected chi connectivity index (χ4v) is 4.56. The van der Waals surface area contributed by atoms with Gasteiger partial charge in [-0.05, 0) is 43.2 Å². The summed E-state index contributed by atoms with van der Waals surface area (Å²) in [6.45, 7) is 4.93. The molecule has 1 aromatic heterocycles. The largest absolute Gasteiger partial charge is 0.496 e. The first kappa shape index (κ1) is 20.4. The van der Waals surface area contributed by atoms with E-state index in [2.05, 4.69) is 23.4 Å². The van der Waals surface area contributed by atoms with E-state index in [0.29, 0.717) is 21.1 Å². The number of hydrogen-bond acceptors (Lipinski definition) is 3. The van der Waals surface area contributed by atoms with Crippen LogP contribution in [0.5, 0.6) is 5.75 Å². The SMILES string of the molecule is CCCc1sc(=NC(=O)c2ccccc2OC)n(CC)c1-c1ccc(Cl)cc1. The monoisotopic (exact) mass is 414 g/mol. The minimum atomic E-state index is -0.299. The fraction of sp³-hybridized carbons (Fsp3) is 0.273. The molecule has 1 heterocycles. The maximum atomic E-state index is 12.9. The van der Waals surface area contributed by atoms with Crippen LogP contribution in [0.3, 0.4) is 0 Å². The molecule has 2 aromatic carbocycles. The molecule has 3 aromatic rings. The van der Waals surface area contributed by atoms with Crippen molar-refractivity contribution in [2.45, 2.75) is 33.2 Å². The highest BCUT2D eigenvalue weighted by molar-refractivity contribution is 7.09. The lowest BCUT2D eigenvalue weighted by Gasteiger charge is -2.09. The number of aromatic nitrogens is 1. The molecule has 0 spiro atoms.